The van der Waals surface area contributed by atoms with Gasteiger partial charge in [0.2, 0.25) is 0 Å². The van der Waals surface area contributed by atoms with Crippen molar-refractivity contribution in [3.63, 3.8) is 0 Å². The van der Waals surface area contributed by atoms with Crippen molar-refractivity contribution in [1.29, 1.82) is 0 Å². The molecule has 0 aromatic heterocycles. The number of anilines is 1. The maximum Gasteiger partial charge on any atom is 0.264 e. The molecule has 0 saturated carbocycles. The summed E-state index contributed by atoms with van der Waals surface area (Å²) in [5, 5.41) is 10.1. The van der Waals surface area contributed by atoms with E-state index >= 15 is 0 Å². The molecule has 1 fully saturated rings. The lowest BCUT2D eigenvalue weighted by atomic mass is 10.00. The van der Waals surface area contributed by atoms with Gasteiger partial charge in [-0.05, 0) is 73.2 Å². The summed E-state index contributed by atoms with van der Waals surface area (Å²) in [5.74, 6) is 0.172. The Labute approximate surface area is 192 Å². The summed E-state index contributed by atoms with van der Waals surface area (Å²) >= 11 is 0. The van der Waals surface area contributed by atoms with Crippen LogP contribution in [0.4, 0.5) is 5.69 Å². The highest BCUT2D eigenvalue weighted by molar-refractivity contribution is 7.92. The highest BCUT2D eigenvalue weighted by Crippen LogP contribution is 2.30. The number of morpholine rings is 1. The van der Waals surface area contributed by atoms with Gasteiger partial charge in [0.05, 0.1) is 36.4 Å². The number of hydrogen-bond acceptors (Lipinski definition) is 5. The van der Waals surface area contributed by atoms with Crippen LogP contribution in [0, 0.1) is 26.7 Å². The summed E-state index contributed by atoms with van der Waals surface area (Å²) in [7, 11) is -3.74. The van der Waals surface area contributed by atoms with Crippen LogP contribution in [0.5, 0.6) is 0 Å². The lowest BCUT2D eigenvalue weighted by Gasteiger charge is -2.34. The van der Waals surface area contributed by atoms with Crippen molar-refractivity contribution in [2.45, 2.75) is 45.6 Å². The van der Waals surface area contributed by atoms with Crippen LogP contribution in [-0.4, -0.2) is 57.9 Å². The quantitative estimate of drug-likeness (QED) is 0.648. The average molecular weight is 461 g/mol. The Morgan fingerprint density at radius 1 is 1.03 bits per heavy atom. The molecule has 3 rings (SSSR count). The Balaban J connectivity index is 1.99. The zero-order valence-corrected chi connectivity index (χ0v) is 20.7. The van der Waals surface area contributed by atoms with Crippen molar-refractivity contribution in [3.05, 3.63) is 58.7 Å². The van der Waals surface area contributed by atoms with E-state index in [1.807, 2.05) is 58.9 Å². The van der Waals surface area contributed by atoms with Gasteiger partial charge >= 0.3 is 0 Å². The molecule has 1 atom stereocenters. The van der Waals surface area contributed by atoms with Gasteiger partial charge in [0.15, 0.2) is 0 Å². The van der Waals surface area contributed by atoms with E-state index in [4.69, 9.17) is 4.74 Å². The van der Waals surface area contributed by atoms with Crippen molar-refractivity contribution >= 4 is 15.7 Å². The molecule has 0 amide bonds. The SMILES string of the molecule is Cc1cc(C)cc(N(CC(C)C)S(=O)(=O)c2ccc(C(CO)N3CCOCC3)c(C)c2)c1. The molecule has 1 aliphatic rings. The predicted molar refractivity (Wildman–Crippen MR) is 129 cm³/mol. The Hall–Kier alpha value is -1.93. The fourth-order valence-electron chi connectivity index (χ4n) is 4.38. The van der Waals surface area contributed by atoms with Crippen molar-refractivity contribution < 1.29 is 18.3 Å². The first-order valence-electron chi connectivity index (χ1n) is 11.3. The molecule has 7 heteroatoms. The van der Waals surface area contributed by atoms with E-state index < -0.39 is 10.0 Å². The van der Waals surface area contributed by atoms with E-state index in [2.05, 4.69) is 4.90 Å². The number of ether oxygens (including phenoxy) is 1. The number of sulfonamides is 1. The van der Waals surface area contributed by atoms with Crippen molar-refractivity contribution in [1.82, 2.24) is 4.90 Å². The molecule has 0 spiro atoms. The first kappa shape index (κ1) is 24.7. The molecule has 1 saturated heterocycles. The number of nitrogens with zero attached hydrogens (tertiary/aromatic N) is 2. The third-order valence-electron chi connectivity index (χ3n) is 5.87. The highest BCUT2D eigenvalue weighted by Gasteiger charge is 2.28. The van der Waals surface area contributed by atoms with Crippen LogP contribution >= 0.6 is 0 Å². The molecule has 0 aliphatic carbocycles. The zero-order chi connectivity index (χ0) is 23.5. The second-order valence-electron chi connectivity index (χ2n) is 9.14. The van der Waals surface area contributed by atoms with E-state index in [0.717, 1.165) is 35.3 Å². The fourth-order valence-corrected chi connectivity index (χ4v) is 6.08. The first-order valence-corrected chi connectivity index (χ1v) is 12.7. The maximum absolute atomic E-state index is 13.7. The molecule has 176 valence electrons. The molecule has 0 radical (unpaired) electrons. The van der Waals surface area contributed by atoms with Crippen LogP contribution in [0.15, 0.2) is 41.3 Å². The fraction of sp³-hybridized carbons (Fsp3) is 0.520. The minimum atomic E-state index is -3.74. The summed E-state index contributed by atoms with van der Waals surface area (Å²) in [5.41, 5.74) is 4.58. The van der Waals surface area contributed by atoms with Crippen LogP contribution in [0.25, 0.3) is 0 Å². The van der Waals surface area contributed by atoms with E-state index in [9.17, 15) is 13.5 Å². The minimum absolute atomic E-state index is 0.0189. The standard InChI is InChI=1S/C25H36N2O4S/c1-18(2)16-27(22-13-19(3)12-20(4)14-22)32(29,30)23-6-7-24(21(5)15-23)25(17-28)26-8-10-31-11-9-26/h6-7,12-15,18,25,28H,8-11,16-17H2,1-5H3. The molecule has 32 heavy (non-hydrogen) atoms. The Morgan fingerprint density at radius 2 is 1.66 bits per heavy atom. The number of benzene rings is 2. The summed E-state index contributed by atoms with van der Waals surface area (Å²) in [4.78, 5) is 2.47. The van der Waals surface area contributed by atoms with Gasteiger partial charge in [0, 0.05) is 19.6 Å². The number of aryl methyl sites for hydroxylation is 3. The van der Waals surface area contributed by atoms with E-state index in [1.54, 1.807) is 12.1 Å². The van der Waals surface area contributed by atoms with Gasteiger partial charge in [-0.1, -0.05) is 26.0 Å². The van der Waals surface area contributed by atoms with Gasteiger partial charge < -0.3 is 9.84 Å². The molecule has 2 aromatic rings. The largest absolute Gasteiger partial charge is 0.394 e. The molecule has 6 nitrogen and oxygen atoms in total. The van der Waals surface area contributed by atoms with Crippen LogP contribution in [0.3, 0.4) is 0 Å². The molecule has 1 unspecified atom stereocenters. The van der Waals surface area contributed by atoms with Crippen LogP contribution in [-0.2, 0) is 14.8 Å². The summed E-state index contributed by atoms with van der Waals surface area (Å²) < 4.78 is 34.4. The molecular formula is C25H36N2O4S. The van der Waals surface area contributed by atoms with Crippen molar-refractivity contribution in [2.24, 2.45) is 5.92 Å². The second kappa shape index (κ2) is 10.3. The topological polar surface area (TPSA) is 70.1 Å². The summed E-state index contributed by atoms with van der Waals surface area (Å²) in [6, 6.07) is 11.0. The monoisotopic (exact) mass is 460 g/mol. The Morgan fingerprint density at radius 3 is 2.19 bits per heavy atom. The van der Waals surface area contributed by atoms with Gasteiger partial charge in [-0.3, -0.25) is 9.21 Å². The highest BCUT2D eigenvalue weighted by atomic mass is 32.2. The van der Waals surface area contributed by atoms with Crippen LogP contribution in [0.1, 0.15) is 42.1 Å². The van der Waals surface area contributed by atoms with Gasteiger partial charge in [0.1, 0.15) is 0 Å². The molecule has 1 heterocycles. The van der Waals surface area contributed by atoms with E-state index in [-0.39, 0.29) is 23.5 Å². The van der Waals surface area contributed by atoms with E-state index in [1.165, 1.54) is 4.31 Å². The van der Waals surface area contributed by atoms with Gasteiger partial charge in [-0.15, -0.1) is 0 Å². The molecule has 2 aromatic carbocycles. The average Bonchev–Trinajstić information content (AvgIpc) is 2.73. The number of rotatable bonds is 8. The maximum atomic E-state index is 13.7. The third kappa shape index (κ3) is 5.52. The van der Waals surface area contributed by atoms with Gasteiger partial charge in [-0.2, -0.15) is 0 Å². The summed E-state index contributed by atoms with van der Waals surface area (Å²) in [6.07, 6.45) is 0. The molecular weight excluding hydrogens is 424 g/mol. The first-order chi connectivity index (χ1) is 15.1. The van der Waals surface area contributed by atoms with E-state index in [0.29, 0.717) is 25.4 Å². The zero-order valence-electron chi connectivity index (χ0n) is 19.8. The van der Waals surface area contributed by atoms with Crippen molar-refractivity contribution in [2.75, 3.05) is 43.8 Å². The predicted octanol–water partition coefficient (Wildman–Crippen LogP) is 3.83. The van der Waals surface area contributed by atoms with Crippen molar-refractivity contribution in [3.8, 4) is 0 Å². The lowest BCUT2D eigenvalue weighted by molar-refractivity contribution is 0.00243. The third-order valence-corrected chi connectivity index (χ3v) is 7.66. The van der Waals surface area contributed by atoms with Crippen LogP contribution < -0.4 is 4.31 Å². The lowest BCUT2D eigenvalue weighted by Crippen LogP contribution is -2.40. The Bertz CT molecular complexity index is 1010. The minimum Gasteiger partial charge on any atom is -0.394 e. The normalized spacial score (nSPS) is 16.3. The molecule has 1 N–H and O–H groups in total. The van der Waals surface area contributed by atoms with Gasteiger partial charge in [0.25, 0.3) is 10.0 Å². The van der Waals surface area contributed by atoms with Crippen LogP contribution in [0.2, 0.25) is 0 Å². The number of hydrogen-bond donors (Lipinski definition) is 1. The smallest absolute Gasteiger partial charge is 0.264 e. The molecule has 1 aliphatic heterocycles. The summed E-state index contributed by atoms with van der Waals surface area (Å²) in [6.45, 7) is 13.1. The second-order valence-corrected chi connectivity index (χ2v) is 11.0. The number of aliphatic hydroxyl groups is 1. The number of aliphatic hydroxyl groups excluding tert-OH is 1. The molecule has 0 bridgehead atoms. The Kier molecular flexibility index (Phi) is 7.98. The van der Waals surface area contributed by atoms with Gasteiger partial charge in [-0.25, -0.2) is 8.42 Å².